The van der Waals surface area contributed by atoms with Crippen molar-refractivity contribution in [1.82, 2.24) is 0 Å². The van der Waals surface area contributed by atoms with Gasteiger partial charge in [0.2, 0.25) is 0 Å². The Labute approximate surface area is 456 Å². The standard InChI is InChI=1S/C66H66O12/c67-65-53-35-19-20-36-54(53)66(68)76-46-58-62(72-42-50-29-13-4-14-30-50)64(74-44-52-33-17-6-18-34-52)60(70-40-48-25-9-2-10-26-48)56(78-58)38-22-21-37-55-59(69-39-47-23-7-1-8-24-47)63(73-43-51-31-15-5-16-32-51)61(57(77-55)45-75-65)71-41-49-27-11-3-12-28-49/h1-36,55-64H,37-46H2/b22-21-/t55-,56-,57-,58-,59-,60-,61-,62-,63-,64-/m1/s1. The number of hydrogen-bond acceptors (Lipinski definition) is 12. The first kappa shape index (κ1) is 54.3. The van der Waals surface area contributed by atoms with Crippen molar-refractivity contribution in [3.63, 3.8) is 0 Å². The highest BCUT2D eigenvalue weighted by Gasteiger charge is 2.50. The summed E-state index contributed by atoms with van der Waals surface area (Å²) in [6.45, 7) is 1.05. The number of esters is 2. The number of carbonyl (C=O) groups excluding carboxylic acids is 2. The molecule has 2 fully saturated rings. The van der Waals surface area contributed by atoms with Crippen LogP contribution in [0.4, 0.5) is 0 Å². The van der Waals surface area contributed by atoms with Gasteiger partial charge in [0.1, 0.15) is 62.0 Å². The quantitative estimate of drug-likeness (QED) is 0.0600. The minimum atomic E-state index is -0.833. The Morgan fingerprint density at radius 2 is 0.526 bits per heavy atom. The van der Waals surface area contributed by atoms with E-state index in [0.717, 1.165) is 33.4 Å². The summed E-state index contributed by atoms with van der Waals surface area (Å²) in [5.41, 5.74) is 5.82. The van der Waals surface area contributed by atoms with Gasteiger partial charge in [0, 0.05) is 0 Å². The molecule has 78 heavy (non-hydrogen) atoms. The van der Waals surface area contributed by atoms with Crippen LogP contribution in [0.5, 0.6) is 0 Å². The molecule has 3 heterocycles. The molecule has 0 amide bonds. The van der Waals surface area contributed by atoms with Crippen LogP contribution in [-0.2, 0) is 87.0 Å². The normalized spacial score (nSPS) is 25.1. The minimum absolute atomic E-state index is 0.0272. The molecule has 0 saturated carbocycles. The second-order valence-corrected chi connectivity index (χ2v) is 19.7. The summed E-state index contributed by atoms with van der Waals surface area (Å²) in [7, 11) is 0. The minimum Gasteiger partial charge on any atom is -0.459 e. The molecule has 402 valence electrons. The second kappa shape index (κ2) is 28.0. The van der Waals surface area contributed by atoms with Crippen molar-refractivity contribution in [1.29, 1.82) is 0 Å². The average molecular weight is 1050 g/mol. The van der Waals surface area contributed by atoms with Crippen LogP contribution in [0.15, 0.2) is 218 Å². The molecule has 10 rings (SSSR count). The van der Waals surface area contributed by atoms with Gasteiger partial charge in [0.25, 0.3) is 0 Å². The van der Waals surface area contributed by atoms with Crippen molar-refractivity contribution >= 4 is 11.9 Å². The third kappa shape index (κ3) is 14.7. The highest BCUT2D eigenvalue weighted by molar-refractivity contribution is 6.03. The Morgan fingerprint density at radius 1 is 0.295 bits per heavy atom. The van der Waals surface area contributed by atoms with Crippen LogP contribution in [0.3, 0.4) is 0 Å². The van der Waals surface area contributed by atoms with Crippen molar-refractivity contribution in [3.8, 4) is 0 Å². The molecule has 4 bridgehead atoms. The SMILES string of the molecule is O=C1OC[C@H]2O[C@H](C/C=C\C[C@H]3O[C@H](COC(=O)c4ccccc41)[C@@H](OCc1ccccc1)[C@H](OCc1ccccc1)[C@@H]3OCc1ccccc1)[C@@H](OCc1ccccc1)[C@@H](OCc1ccccc1)[C@@H]2OCc1ccccc1. The molecule has 7 aromatic carbocycles. The smallest absolute Gasteiger partial charge is 0.339 e. The summed E-state index contributed by atoms with van der Waals surface area (Å²) in [4.78, 5) is 28.8. The number of benzene rings is 7. The highest BCUT2D eigenvalue weighted by Crippen LogP contribution is 2.35. The lowest BCUT2D eigenvalue weighted by atomic mass is 9.91. The van der Waals surface area contributed by atoms with Crippen LogP contribution >= 0.6 is 0 Å². The fourth-order valence-corrected chi connectivity index (χ4v) is 10.2. The maximum absolute atomic E-state index is 14.4. The van der Waals surface area contributed by atoms with Gasteiger partial charge in [-0.15, -0.1) is 0 Å². The number of fused-ring (bicyclic) bond motifs is 5. The molecular weight excluding hydrogens is 985 g/mol. The first-order valence-electron chi connectivity index (χ1n) is 26.8. The Kier molecular flexibility index (Phi) is 19.5. The summed E-state index contributed by atoms with van der Waals surface area (Å²) < 4.78 is 68.1. The molecule has 0 radical (unpaired) electrons. The number of cyclic esters (lactones) is 2. The van der Waals surface area contributed by atoms with Gasteiger partial charge in [-0.1, -0.05) is 206 Å². The van der Waals surface area contributed by atoms with Crippen molar-refractivity contribution in [2.45, 2.75) is 114 Å². The lowest BCUT2D eigenvalue weighted by molar-refractivity contribution is -0.269. The molecule has 10 atom stereocenters. The Morgan fingerprint density at radius 3 is 0.795 bits per heavy atom. The molecule has 0 N–H and O–H groups in total. The largest absolute Gasteiger partial charge is 0.459 e. The Hall–Kier alpha value is -7.10. The molecule has 0 spiro atoms. The molecule has 2 saturated heterocycles. The van der Waals surface area contributed by atoms with Gasteiger partial charge in [-0.3, -0.25) is 0 Å². The zero-order valence-corrected chi connectivity index (χ0v) is 43.5. The number of rotatable bonds is 18. The monoisotopic (exact) mass is 1050 g/mol. The summed E-state index contributed by atoms with van der Waals surface area (Å²) in [6.07, 6.45) is -2.33. The summed E-state index contributed by atoms with van der Waals surface area (Å²) in [6, 6.07) is 66.0. The van der Waals surface area contributed by atoms with Gasteiger partial charge >= 0.3 is 11.9 Å². The van der Waals surface area contributed by atoms with Crippen LogP contribution in [-0.4, -0.2) is 86.2 Å². The van der Waals surface area contributed by atoms with E-state index in [1.165, 1.54) is 0 Å². The highest BCUT2D eigenvalue weighted by atomic mass is 16.6. The van der Waals surface area contributed by atoms with Gasteiger partial charge in [0.05, 0.1) is 63.0 Å². The zero-order chi connectivity index (χ0) is 53.1. The maximum Gasteiger partial charge on any atom is 0.339 e. The lowest BCUT2D eigenvalue weighted by Crippen LogP contribution is -2.61. The molecule has 0 aromatic heterocycles. The molecule has 12 heteroatoms. The van der Waals surface area contributed by atoms with E-state index in [1.807, 2.05) is 182 Å². The van der Waals surface area contributed by atoms with Crippen LogP contribution < -0.4 is 0 Å². The van der Waals surface area contributed by atoms with E-state index in [4.69, 9.17) is 47.4 Å². The van der Waals surface area contributed by atoms with Crippen molar-refractivity contribution in [2.24, 2.45) is 0 Å². The van der Waals surface area contributed by atoms with E-state index in [9.17, 15) is 9.59 Å². The topological polar surface area (TPSA) is 126 Å². The van der Waals surface area contributed by atoms with E-state index in [2.05, 4.69) is 12.2 Å². The first-order chi connectivity index (χ1) is 38.5. The number of hydrogen-bond donors (Lipinski definition) is 0. The van der Waals surface area contributed by atoms with Gasteiger partial charge in [0.15, 0.2) is 0 Å². The second-order valence-electron chi connectivity index (χ2n) is 19.7. The van der Waals surface area contributed by atoms with E-state index >= 15 is 0 Å². The Balaban J connectivity index is 1.03. The summed E-state index contributed by atoms with van der Waals surface area (Å²) in [5, 5.41) is 0. The fourth-order valence-electron chi connectivity index (χ4n) is 10.2. The lowest BCUT2D eigenvalue weighted by Gasteiger charge is -2.46. The molecule has 3 aliphatic rings. The third-order valence-corrected chi connectivity index (χ3v) is 14.2. The van der Waals surface area contributed by atoms with Gasteiger partial charge in [-0.05, 0) is 58.4 Å². The molecular formula is C66H66O12. The third-order valence-electron chi connectivity index (χ3n) is 14.2. The Bertz CT molecular complexity index is 2730. The van der Waals surface area contributed by atoms with E-state index in [-0.39, 0.29) is 64.0 Å². The fraction of sp³-hybridized carbons (Fsp3) is 0.303. The molecule has 12 nitrogen and oxygen atoms in total. The van der Waals surface area contributed by atoms with Gasteiger partial charge in [-0.25, -0.2) is 9.59 Å². The maximum atomic E-state index is 14.4. The van der Waals surface area contributed by atoms with Crippen LogP contribution in [0.1, 0.15) is 66.9 Å². The molecule has 7 aromatic rings. The predicted octanol–water partition coefficient (Wildman–Crippen LogP) is 11.4. The average Bonchev–Trinajstić information content (AvgIpc) is 3.59. The van der Waals surface area contributed by atoms with Crippen molar-refractivity contribution in [2.75, 3.05) is 13.2 Å². The summed E-state index contributed by atoms with van der Waals surface area (Å²) in [5.74, 6) is -1.47. The van der Waals surface area contributed by atoms with Crippen molar-refractivity contribution < 1.29 is 57.0 Å². The molecule has 3 aliphatic heterocycles. The van der Waals surface area contributed by atoms with E-state index in [1.54, 1.807) is 24.3 Å². The molecule has 0 unspecified atom stereocenters. The van der Waals surface area contributed by atoms with E-state index < -0.39 is 73.0 Å². The van der Waals surface area contributed by atoms with Crippen LogP contribution in [0.2, 0.25) is 0 Å². The van der Waals surface area contributed by atoms with Crippen molar-refractivity contribution in [3.05, 3.63) is 263 Å². The van der Waals surface area contributed by atoms with Crippen LogP contribution in [0, 0.1) is 0 Å². The summed E-state index contributed by atoms with van der Waals surface area (Å²) >= 11 is 0. The van der Waals surface area contributed by atoms with Gasteiger partial charge < -0.3 is 47.4 Å². The van der Waals surface area contributed by atoms with Crippen LogP contribution in [0.25, 0.3) is 0 Å². The molecule has 0 aliphatic carbocycles. The number of carbonyl (C=O) groups is 2. The predicted molar refractivity (Wildman–Crippen MR) is 293 cm³/mol. The van der Waals surface area contributed by atoms with E-state index in [0.29, 0.717) is 12.8 Å². The number of ether oxygens (including phenoxy) is 10. The zero-order valence-electron chi connectivity index (χ0n) is 43.5. The first-order valence-corrected chi connectivity index (χ1v) is 26.8. The van der Waals surface area contributed by atoms with Gasteiger partial charge in [-0.2, -0.15) is 0 Å².